The second-order valence-corrected chi connectivity index (χ2v) is 5.75. The maximum absolute atomic E-state index is 11.4. The van der Waals surface area contributed by atoms with Crippen LogP contribution in [0.1, 0.15) is 35.4 Å². The number of carbonyl (C=O) groups excluding carboxylic acids is 1. The maximum atomic E-state index is 11.4. The first-order valence-electron chi connectivity index (χ1n) is 7.18. The fraction of sp³-hybridized carbons (Fsp3) is 0.500. The number of amides is 1. The van der Waals surface area contributed by atoms with Crippen LogP contribution in [0.25, 0.3) is 0 Å². The molecule has 1 amide bonds. The summed E-state index contributed by atoms with van der Waals surface area (Å²) in [5.41, 5.74) is 8.89. The van der Waals surface area contributed by atoms with Crippen LogP contribution in [0.2, 0.25) is 0 Å². The zero-order chi connectivity index (χ0) is 14.1. The van der Waals surface area contributed by atoms with Crippen LogP contribution >= 0.6 is 0 Å². The third-order valence-electron chi connectivity index (χ3n) is 4.20. The molecule has 1 heterocycles. The minimum atomic E-state index is -0.360. The third kappa shape index (κ3) is 2.72. The predicted molar refractivity (Wildman–Crippen MR) is 75.8 cm³/mol. The molecule has 4 nitrogen and oxygen atoms in total. The van der Waals surface area contributed by atoms with E-state index in [1.807, 2.05) is 6.07 Å². The highest BCUT2D eigenvalue weighted by molar-refractivity contribution is 5.84. The van der Waals surface area contributed by atoms with Gasteiger partial charge in [-0.25, -0.2) is 0 Å². The van der Waals surface area contributed by atoms with Gasteiger partial charge in [0.05, 0.1) is 12.0 Å². The number of nitrogens with two attached hydrogens (primary N) is 1. The van der Waals surface area contributed by atoms with E-state index >= 15 is 0 Å². The van der Waals surface area contributed by atoms with Crippen molar-refractivity contribution in [2.45, 2.75) is 37.8 Å². The predicted octanol–water partition coefficient (Wildman–Crippen LogP) is 0.850. The maximum Gasteiger partial charge on any atom is 0.225 e. The van der Waals surface area contributed by atoms with Gasteiger partial charge in [0.15, 0.2) is 0 Å². The van der Waals surface area contributed by atoms with Crippen LogP contribution in [0.5, 0.6) is 0 Å². The number of fused-ring (bicyclic) bond motifs is 1. The fourth-order valence-corrected chi connectivity index (χ4v) is 3.18. The highest BCUT2D eigenvalue weighted by atomic mass is 16.3. The van der Waals surface area contributed by atoms with Gasteiger partial charge in [-0.3, -0.25) is 9.69 Å². The molecule has 1 fully saturated rings. The lowest BCUT2D eigenvalue weighted by molar-refractivity contribution is -0.118. The van der Waals surface area contributed by atoms with Crippen molar-refractivity contribution >= 4 is 5.91 Å². The van der Waals surface area contributed by atoms with Crippen LogP contribution in [-0.4, -0.2) is 35.1 Å². The van der Waals surface area contributed by atoms with E-state index < -0.39 is 0 Å². The van der Waals surface area contributed by atoms with Crippen LogP contribution in [0.15, 0.2) is 18.2 Å². The van der Waals surface area contributed by atoms with Gasteiger partial charge in [0, 0.05) is 26.1 Å². The number of hydrogen-bond acceptors (Lipinski definition) is 3. The SMILES string of the molecule is NC(=O)C1[C]CCc2cc(CN3CCC(O)C3)ccc21. The van der Waals surface area contributed by atoms with Crippen molar-refractivity contribution in [1.82, 2.24) is 4.90 Å². The molecule has 0 saturated carbocycles. The average Bonchev–Trinajstić information content (AvgIpc) is 2.83. The molecule has 1 aromatic rings. The molecule has 3 N–H and O–H groups in total. The van der Waals surface area contributed by atoms with Crippen molar-refractivity contribution in [2.75, 3.05) is 13.1 Å². The van der Waals surface area contributed by atoms with E-state index in [9.17, 15) is 9.90 Å². The Balaban J connectivity index is 1.77. The molecule has 1 saturated heterocycles. The molecule has 1 aliphatic heterocycles. The molecule has 1 aromatic carbocycles. The summed E-state index contributed by atoms with van der Waals surface area (Å²) in [4.78, 5) is 13.7. The van der Waals surface area contributed by atoms with Gasteiger partial charge < -0.3 is 10.8 Å². The van der Waals surface area contributed by atoms with Gasteiger partial charge in [-0.05, 0) is 36.0 Å². The Kier molecular flexibility index (Phi) is 3.76. The second-order valence-electron chi connectivity index (χ2n) is 5.75. The van der Waals surface area contributed by atoms with Crippen molar-refractivity contribution in [2.24, 2.45) is 5.73 Å². The van der Waals surface area contributed by atoms with Gasteiger partial charge in [-0.2, -0.15) is 0 Å². The molecular formula is C16H20N2O2. The summed E-state index contributed by atoms with van der Waals surface area (Å²) in [5.74, 6) is -0.678. The van der Waals surface area contributed by atoms with E-state index in [1.54, 1.807) is 0 Å². The van der Waals surface area contributed by atoms with E-state index in [0.717, 1.165) is 44.5 Å². The minimum absolute atomic E-state index is 0.184. The summed E-state index contributed by atoms with van der Waals surface area (Å²) in [7, 11) is 0. The second kappa shape index (κ2) is 5.54. The number of aliphatic hydroxyl groups excluding tert-OH is 1. The number of aryl methyl sites for hydroxylation is 1. The number of benzene rings is 1. The number of carbonyl (C=O) groups is 1. The summed E-state index contributed by atoms with van der Waals surface area (Å²) in [6, 6.07) is 6.25. The summed E-state index contributed by atoms with van der Waals surface area (Å²) in [6.07, 6.45) is 5.54. The third-order valence-corrected chi connectivity index (χ3v) is 4.20. The monoisotopic (exact) mass is 272 g/mol. The quantitative estimate of drug-likeness (QED) is 0.857. The molecule has 4 heteroatoms. The average molecular weight is 272 g/mol. The molecule has 3 rings (SSSR count). The van der Waals surface area contributed by atoms with Crippen LogP contribution < -0.4 is 5.73 Å². The Labute approximate surface area is 119 Å². The van der Waals surface area contributed by atoms with E-state index in [0.29, 0.717) is 0 Å². The number of likely N-dealkylation sites (tertiary alicyclic amines) is 1. The van der Waals surface area contributed by atoms with Crippen molar-refractivity contribution in [3.63, 3.8) is 0 Å². The van der Waals surface area contributed by atoms with E-state index in [-0.39, 0.29) is 17.9 Å². The molecule has 0 spiro atoms. The summed E-state index contributed by atoms with van der Waals surface area (Å²) in [5, 5.41) is 9.56. The molecule has 1 aliphatic carbocycles. The van der Waals surface area contributed by atoms with Gasteiger partial charge in [0.25, 0.3) is 0 Å². The first-order chi connectivity index (χ1) is 9.63. The zero-order valence-electron chi connectivity index (χ0n) is 11.5. The lowest BCUT2D eigenvalue weighted by Crippen LogP contribution is -2.26. The number of aliphatic hydroxyl groups is 1. The minimum Gasteiger partial charge on any atom is -0.392 e. The van der Waals surface area contributed by atoms with E-state index in [2.05, 4.69) is 23.5 Å². The van der Waals surface area contributed by atoms with Crippen molar-refractivity contribution < 1.29 is 9.90 Å². The Morgan fingerprint density at radius 3 is 3.05 bits per heavy atom. The molecule has 20 heavy (non-hydrogen) atoms. The first-order valence-corrected chi connectivity index (χ1v) is 7.18. The molecule has 2 atom stereocenters. The van der Waals surface area contributed by atoms with Gasteiger partial charge in [-0.1, -0.05) is 18.2 Å². The zero-order valence-corrected chi connectivity index (χ0v) is 11.5. The summed E-state index contributed by atoms with van der Waals surface area (Å²) in [6.45, 7) is 2.56. The van der Waals surface area contributed by atoms with Gasteiger partial charge >= 0.3 is 0 Å². The Bertz CT molecular complexity index is 515. The smallest absolute Gasteiger partial charge is 0.225 e. The van der Waals surface area contributed by atoms with Crippen LogP contribution in [0, 0.1) is 6.42 Å². The fourth-order valence-electron chi connectivity index (χ4n) is 3.18. The first kappa shape index (κ1) is 13.6. The highest BCUT2D eigenvalue weighted by Crippen LogP contribution is 2.31. The Morgan fingerprint density at radius 1 is 1.50 bits per heavy atom. The largest absolute Gasteiger partial charge is 0.392 e. The topological polar surface area (TPSA) is 66.6 Å². The molecular weight excluding hydrogens is 252 g/mol. The number of hydrogen-bond donors (Lipinski definition) is 2. The summed E-state index contributed by atoms with van der Waals surface area (Å²) >= 11 is 0. The molecule has 2 unspecified atom stereocenters. The molecule has 0 bridgehead atoms. The van der Waals surface area contributed by atoms with Crippen LogP contribution in [0.3, 0.4) is 0 Å². The normalized spacial score (nSPS) is 26.4. The lowest BCUT2D eigenvalue weighted by atomic mass is 9.81. The van der Waals surface area contributed by atoms with Crippen molar-refractivity contribution in [1.29, 1.82) is 0 Å². The standard InChI is InChI=1S/C16H20N2O2/c17-16(20)15-3-1-2-12-8-11(4-5-14(12)15)9-18-7-6-13(19)10-18/h4-5,8,13,15,19H,1-2,6-7,9-10H2,(H2,17,20). The molecule has 2 radical (unpaired) electrons. The van der Waals surface area contributed by atoms with Gasteiger partial charge in [0.1, 0.15) is 0 Å². The van der Waals surface area contributed by atoms with Crippen molar-refractivity contribution in [3.05, 3.63) is 41.3 Å². The van der Waals surface area contributed by atoms with Crippen LogP contribution in [-0.2, 0) is 17.8 Å². The number of β-amino-alcohol motifs (C(OH)–C–C–N with tert-alkyl or cyclic N) is 1. The van der Waals surface area contributed by atoms with Crippen molar-refractivity contribution in [3.8, 4) is 0 Å². The van der Waals surface area contributed by atoms with Gasteiger partial charge in [0.2, 0.25) is 5.91 Å². The molecule has 0 aromatic heterocycles. The lowest BCUT2D eigenvalue weighted by Gasteiger charge is -2.24. The molecule has 106 valence electrons. The highest BCUT2D eigenvalue weighted by Gasteiger charge is 2.26. The van der Waals surface area contributed by atoms with Crippen LogP contribution in [0.4, 0.5) is 0 Å². The van der Waals surface area contributed by atoms with Gasteiger partial charge in [-0.15, -0.1) is 0 Å². The summed E-state index contributed by atoms with van der Waals surface area (Å²) < 4.78 is 0. The molecule has 2 aliphatic rings. The number of primary amides is 1. The Hall–Kier alpha value is -1.39. The number of rotatable bonds is 3. The van der Waals surface area contributed by atoms with E-state index in [4.69, 9.17) is 5.73 Å². The van der Waals surface area contributed by atoms with E-state index in [1.165, 1.54) is 11.1 Å². The Morgan fingerprint density at radius 2 is 2.35 bits per heavy atom. The number of nitrogens with zero attached hydrogens (tertiary/aromatic N) is 1.